The number of nitrogens with zero attached hydrogens (tertiary/aromatic N) is 1. The fraction of sp³-hybridized carbons (Fsp3) is 0.417. The van der Waals surface area contributed by atoms with Crippen LogP contribution in [0.1, 0.15) is 16.8 Å². The van der Waals surface area contributed by atoms with E-state index in [4.69, 9.17) is 5.73 Å². The van der Waals surface area contributed by atoms with E-state index in [0.29, 0.717) is 29.5 Å². The van der Waals surface area contributed by atoms with Gasteiger partial charge in [0.15, 0.2) is 0 Å². The van der Waals surface area contributed by atoms with Crippen LogP contribution in [0, 0.1) is 0 Å². The van der Waals surface area contributed by atoms with Crippen LogP contribution in [0.15, 0.2) is 27.6 Å². The van der Waals surface area contributed by atoms with Crippen molar-refractivity contribution in [2.24, 2.45) is 5.73 Å². The van der Waals surface area contributed by atoms with Gasteiger partial charge < -0.3 is 11.1 Å². The molecule has 1 amide bonds. The summed E-state index contributed by atoms with van der Waals surface area (Å²) >= 11 is 3.20. The molecule has 0 saturated carbocycles. The molecule has 0 bridgehead atoms. The van der Waals surface area contributed by atoms with Crippen LogP contribution in [0.4, 0.5) is 0 Å². The van der Waals surface area contributed by atoms with Crippen molar-refractivity contribution in [3.8, 4) is 0 Å². The lowest BCUT2D eigenvalue weighted by molar-refractivity contribution is 0.0953. The zero-order valence-electron chi connectivity index (χ0n) is 11.8. The van der Waals surface area contributed by atoms with Gasteiger partial charge in [0.2, 0.25) is 10.0 Å². The normalized spacial score (nSPS) is 11.1. The van der Waals surface area contributed by atoms with Gasteiger partial charge in [-0.2, -0.15) is 0 Å². The third-order valence-corrected chi connectivity index (χ3v) is 5.41. The average molecular weight is 401 g/mol. The van der Waals surface area contributed by atoms with Gasteiger partial charge in [-0.15, -0.1) is 12.4 Å². The standard InChI is InChI=1S/C12H18BrN3O3S.ClH/c1-16(2)20(18,19)11-5-4-9(8-10(11)13)12(17)15-7-3-6-14;/h4-5,8H,3,6-7,14H2,1-2H3,(H,15,17);1H. The zero-order chi connectivity index (χ0) is 15.3. The van der Waals surface area contributed by atoms with E-state index in [1.54, 1.807) is 0 Å². The van der Waals surface area contributed by atoms with Gasteiger partial charge in [0, 0.05) is 30.7 Å². The summed E-state index contributed by atoms with van der Waals surface area (Å²) in [4.78, 5) is 12.0. The quantitative estimate of drug-likeness (QED) is 0.702. The minimum absolute atomic E-state index is 0. The van der Waals surface area contributed by atoms with Crippen LogP contribution in [-0.4, -0.2) is 45.8 Å². The van der Waals surface area contributed by atoms with Crippen LogP contribution >= 0.6 is 28.3 Å². The van der Waals surface area contributed by atoms with Crippen molar-refractivity contribution >= 4 is 44.3 Å². The van der Waals surface area contributed by atoms with Crippen LogP contribution in [0.5, 0.6) is 0 Å². The smallest absolute Gasteiger partial charge is 0.251 e. The van der Waals surface area contributed by atoms with Gasteiger partial charge in [0.1, 0.15) is 0 Å². The van der Waals surface area contributed by atoms with E-state index in [0.717, 1.165) is 4.31 Å². The highest BCUT2D eigenvalue weighted by atomic mass is 79.9. The van der Waals surface area contributed by atoms with Crippen molar-refractivity contribution in [3.05, 3.63) is 28.2 Å². The molecule has 1 rings (SSSR count). The van der Waals surface area contributed by atoms with Crippen molar-refractivity contribution in [3.63, 3.8) is 0 Å². The van der Waals surface area contributed by atoms with E-state index in [1.807, 2.05) is 0 Å². The Morgan fingerprint density at radius 2 is 2.00 bits per heavy atom. The molecule has 0 radical (unpaired) electrons. The molecule has 0 saturated heterocycles. The highest BCUT2D eigenvalue weighted by molar-refractivity contribution is 9.10. The zero-order valence-corrected chi connectivity index (χ0v) is 15.0. The lowest BCUT2D eigenvalue weighted by Gasteiger charge is -2.13. The van der Waals surface area contributed by atoms with Crippen LogP contribution in [0.25, 0.3) is 0 Å². The molecule has 9 heteroatoms. The number of carbonyl (C=O) groups is 1. The first-order valence-electron chi connectivity index (χ1n) is 6.01. The van der Waals surface area contributed by atoms with Gasteiger partial charge in [0.25, 0.3) is 5.91 Å². The summed E-state index contributed by atoms with van der Waals surface area (Å²) in [7, 11) is -0.626. The maximum absolute atomic E-state index is 12.0. The molecule has 1 aromatic carbocycles. The Morgan fingerprint density at radius 1 is 1.38 bits per heavy atom. The maximum atomic E-state index is 12.0. The van der Waals surface area contributed by atoms with E-state index >= 15 is 0 Å². The van der Waals surface area contributed by atoms with Crippen molar-refractivity contribution in [1.82, 2.24) is 9.62 Å². The third-order valence-electron chi connectivity index (χ3n) is 2.62. The summed E-state index contributed by atoms with van der Waals surface area (Å²) in [6, 6.07) is 4.39. The van der Waals surface area contributed by atoms with E-state index in [9.17, 15) is 13.2 Å². The number of hydrogen-bond acceptors (Lipinski definition) is 4. The molecule has 0 aliphatic carbocycles. The SMILES string of the molecule is CN(C)S(=O)(=O)c1ccc(C(=O)NCCCN)cc1Br.Cl. The predicted octanol–water partition coefficient (Wildman–Crippen LogP) is 1.20. The highest BCUT2D eigenvalue weighted by Gasteiger charge is 2.21. The van der Waals surface area contributed by atoms with E-state index < -0.39 is 10.0 Å². The van der Waals surface area contributed by atoms with Gasteiger partial charge in [0.05, 0.1) is 4.90 Å². The van der Waals surface area contributed by atoms with Crippen LogP contribution in [0.2, 0.25) is 0 Å². The molecule has 0 aliphatic heterocycles. The van der Waals surface area contributed by atoms with Crippen LogP contribution < -0.4 is 11.1 Å². The second-order valence-electron chi connectivity index (χ2n) is 4.33. The number of rotatable bonds is 6. The number of amides is 1. The minimum atomic E-state index is -3.53. The molecule has 3 N–H and O–H groups in total. The molecule has 0 aromatic heterocycles. The van der Waals surface area contributed by atoms with Crippen LogP contribution in [-0.2, 0) is 10.0 Å². The van der Waals surface area contributed by atoms with Crippen LogP contribution in [0.3, 0.4) is 0 Å². The Kier molecular flexibility index (Phi) is 8.42. The third kappa shape index (κ3) is 5.23. The van der Waals surface area contributed by atoms with Crippen molar-refractivity contribution < 1.29 is 13.2 Å². The first kappa shape index (κ1) is 20.3. The first-order valence-corrected chi connectivity index (χ1v) is 8.24. The molecular weight excluding hydrogens is 382 g/mol. The molecule has 0 atom stereocenters. The number of halogens is 2. The second-order valence-corrected chi connectivity index (χ2v) is 7.31. The maximum Gasteiger partial charge on any atom is 0.251 e. The first-order chi connectivity index (χ1) is 9.30. The summed E-state index contributed by atoms with van der Waals surface area (Å²) in [6.07, 6.45) is 0.694. The monoisotopic (exact) mass is 399 g/mol. The van der Waals surface area contributed by atoms with Gasteiger partial charge in [-0.1, -0.05) is 0 Å². The Hall–Kier alpha value is -0.670. The number of sulfonamides is 1. The summed E-state index contributed by atoms with van der Waals surface area (Å²) in [5, 5.41) is 2.71. The molecule has 1 aromatic rings. The number of hydrogen-bond donors (Lipinski definition) is 2. The van der Waals surface area contributed by atoms with E-state index in [2.05, 4.69) is 21.2 Å². The molecule has 0 fully saturated rings. The lowest BCUT2D eigenvalue weighted by atomic mass is 10.2. The lowest BCUT2D eigenvalue weighted by Crippen LogP contribution is -2.26. The van der Waals surface area contributed by atoms with Crippen molar-refractivity contribution in [1.29, 1.82) is 0 Å². The molecule has 120 valence electrons. The molecule has 0 heterocycles. The number of nitrogens with two attached hydrogens (primary N) is 1. The fourth-order valence-corrected chi connectivity index (χ4v) is 3.39. The van der Waals surface area contributed by atoms with Gasteiger partial charge >= 0.3 is 0 Å². The number of benzene rings is 1. The topological polar surface area (TPSA) is 92.5 Å². The Labute approximate surface area is 139 Å². The van der Waals surface area contributed by atoms with Gasteiger partial charge in [-0.25, -0.2) is 12.7 Å². The second kappa shape index (κ2) is 8.70. The van der Waals surface area contributed by atoms with Crippen molar-refractivity contribution in [2.75, 3.05) is 27.2 Å². The number of carbonyl (C=O) groups excluding carboxylic acids is 1. The van der Waals surface area contributed by atoms with Gasteiger partial charge in [-0.05, 0) is 47.1 Å². The molecule has 0 unspecified atom stereocenters. The van der Waals surface area contributed by atoms with E-state index in [1.165, 1.54) is 32.3 Å². The minimum Gasteiger partial charge on any atom is -0.352 e. The highest BCUT2D eigenvalue weighted by Crippen LogP contribution is 2.25. The average Bonchev–Trinajstić information content (AvgIpc) is 2.38. The molecule has 0 spiro atoms. The molecule has 6 nitrogen and oxygen atoms in total. The Morgan fingerprint density at radius 3 is 2.48 bits per heavy atom. The molecular formula is C12H19BrClN3O3S. The summed E-state index contributed by atoms with van der Waals surface area (Å²) in [5.41, 5.74) is 5.74. The van der Waals surface area contributed by atoms with E-state index in [-0.39, 0.29) is 23.2 Å². The molecule has 0 aliphatic rings. The number of nitrogens with one attached hydrogen (secondary N) is 1. The molecule has 21 heavy (non-hydrogen) atoms. The Bertz CT molecular complexity index is 593. The summed E-state index contributed by atoms with van der Waals surface area (Å²) < 4.78 is 25.5. The Balaban J connectivity index is 0.00000400. The summed E-state index contributed by atoms with van der Waals surface area (Å²) in [5.74, 6) is -0.257. The summed E-state index contributed by atoms with van der Waals surface area (Å²) in [6.45, 7) is 0.995. The predicted molar refractivity (Wildman–Crippen MR) is 88.3 cm³/mol. The van der Waals surface area contributed by atoms with Gasteiger partial charge in [-0.3, -0.25) is 4.79 Å². The fourth-order valence-electron chi connectivity index (χ4n) is 1.45. The largest absolute Gasteiger partial charge is 0.352 e. The van der Waals surface area contributed by atoms with Crippen molar-refractivity contribution in [2.45, 2.75) is 11.3 Å².